The van der Waals surface area contributed by atoms with Crippen LogP contribution in [0.25, 0.3) is 11.1 Å². The fourth-order valence-electron chi connectivity index (χ4n) is 2.11. The molecule has 0 aliphatic rings. The van der Waals surface area contributed by atoms with Crippen molar-refractivity contribution in [3.8, 4) is 22.6 Å². The van der Waals surface area contributed by atoms with Gasteiger partial charge in [-0.05, 0) is 23.6 Å². The maximum absolute atomic E-state index is 11.0. The summed E-state index contributed by atoms with van der Waals surface area (Å²) in [6, 6.07) is 10.3. The van der Waals surface area contributed by atoms with E-state index in [9.17, 15) is 15.0 Å². The zero-order chi connectivity index (χ0) is 14.0. The van der Waals surface area contributed by atoms with E-state index in [4.69, 9.17) is 5.11 Å². The Kier molecular flexibility index (Phi) is 3.42. The second-order valence-electron chi connectivity index (χ2n) is 4.33. The maximum atomic E-state index is 11.0. The SMILES string of the molecule is Cc1c(O)cc(O)c(-c2ccccc2)c1CC(=O)O. The molecule has 0 aliphatic carbocycles. The lowest BCUT2D eigenvalue weighted by Gasteiger charge is -2.15. The molecule has 3 N–H and O–H groups in total. The highest BCUT2D eigenvalue weighted by atomic mass is 16.4. The van der Waals surface area contributed by atoms with Crippen LogP contribution < -0.4 is 0 Å². The molecule has 4 nitrogen and oxygen atoms in total. The van der Waals surface area contributed by atoms with E-state index >= 15 is 0 Å². The van der Waals surface area contributed by atoms with Crippen molar-refractivity contribution in [1.82, 2.24) is 0 Å². The Labute approximate surface area is 110 Å². The summed E-state index contributed by atoms with van der Waals surface area (Å²) < 4.78 is 0. The van der Waals surface area contributed by atoms with Crippen LogP contribution in [0.2, 0.25) is 0 Å². The summed E-state index contributed by atoms with van der Waals surface area (Å²) in [5, 5.41) is 28.7. The molecule has 0 spiro atoms. The molecule has 0 amide bonds. The maximum Gasteiger partial charge on any atom is 0.307 e. The van der Waals surface area contributed by atoms with Gasteiger partial charge in [0.05, 0.1) is 6.42 Å². The quantitative estimate of drug-likeness (QED) is 0.791. The minimum absolute atomic E-state index is 0.103. The van der Waals surface area contributed by atoms with Crippen molar-refractivity contribution in [2.45, 2.75) is 13.3 Å². The Morgan fingerprint density at radius 2 is 1.74 bits per heavy atom. The number of rotatable bonds is 3. The third-order valence-electron chi connectivity index (χ3n) is 3.06. The van der Waals surface area contributed by atoms with Crippen LogP contribution in [0.15, 0.2) is 36.4 Å². The summed E-state index contributed by atoms with van der Waals surface area (Å²) in [5.74, 6) is -1.23. The number of carbonyl (C=O) groups is 1. The highest BCUT2D eigenvalue weighted by Gasteiger charge is 2.18. The Morgan fingerprint density at radius 3 is 2.32 bits per heavy atom. The number of carboxylic acids is 1. The van der Waals surface area contributed by atoms with Crippen LogP contribution in [0.5, 0.6) is 11.5 Å². The van der Waals surface area contributed by atoms with Gasteiger partial charge in [0.1, 0.15) is 11.5 Å². The zero-order valence-corrected chi connectivity index (χ0v) is 10.4. The van der Waals surface area contributed by atoms with E-state index in [0.29, 0.717) is 16.7 Å². The lowest BCUT2D eigenvalue weighted by molar-refractivity contribution is -0.136. The number of hydrogen-bond donors (Lipinski definition) is 3. The van der Waals surface area contributed by atoms with Gasteiger partial charge in [-0.1, -0.05) is 30.3 Å². The molecule has 0 radical (unpaired) electrons. The van der Waals surface area contributed by atoms with Gasteiger partial charge in [0.25, 0.3) is 0 Å². The summed E-state index contributed by atoms with van der Waals surface area (Å²) in [6.07, 6.45) is -0.252. The van der Waals surface area contributed by atoms with Crippen molar-refractivity contribution in [3.63, 3.8) is 0 Å². The van der Waals surface area contributed by atoms with Gasteiger partial charge in [-0.3, -0.25) is 4.79 Å². The monoisotopic (exact) mass is 258 g/mol. The predicted octanol–water partition coefficient (Wildman–Crippen LogP) is 2.70. The molecule has 0 unspecified atom stereocenters. The van der Waals surface area contributed by atoms with Crippen LogP contribution >= 0.6 is 0 Å². The van der Waals surface area contributed by atoms with Crippen molar-refractivity contribution in [2.75, 3.05) is 0 Å². The molecular weight excluding hydrogens is 244 g/mol. The van der Waals surface area contributed by atoms with E-state index < -0.39 is 5.97 Å². The molecule has 0 atom stereocenters. The number of phenolic OH excluding ortho intramolecular Hbond substituents is 2. The van der Waals surface area contributed by atoms with Crippen LogP contribution in [0.3, 0.4) is 0 Å². The summed E-state index contributed by atoms with van der Waals surface area (Å²) in [4.78, 5) is 11.0. The number of hydrogen-bond acceptors (Lipinski definition) is 3. The summed E-state index contributed by atoms with van der Waals surface area (Å²) in [7, 11) is 0. The van der Waals surface area contributed by atoms with Crippen molar-refractivity contribution in [1.29, 1.82) is 0 Å². The minimum atomic E-state index is -1.01. The van der Waals surface area contributed by atoms with Crippen LogP contribution in [-0.4, -0.2) is 21.3 Å². The third kappa shape index (κ3) is 2.52. The molecule has 0 fully saturated rings. The second-order valence-corrected chi connectivity index (χ2v) is 4.33. The Morgan fingerprint density at radius 1 is 1.11 bits per heavy atom. The van der Waals surface area contributed by atoms with Crippen molar-refractivity contribution >= 4 is 5.97 Å². The minimum Gasteiger partial charge on any atom is -0.508 e. The molecule has 0 aromatic heterocycles. The fourth-order valence-corrected chi connectivity index (χ4v) is 2.11. The van der Waals surface area contributed by atoms with E-state index in [1.54, 1.807) is 19.1 Å². The van der Waals surface area contributed by atoms with E-state index in [0.717, 1.165) is 5.56 Å². The van der Waals surface area contributed by atoms with Gasteiger partial charge in [-0.2, -0.15) is 0 Å². The van der Waals surface area contributed by atoms with Crippen LogP contribution in [0.1, 0.15) is 11.1 Å². The highest BCUT2D eigenvalue weighted by Crippen LogP contribution is 2.39. The first-order valence-corrected chi connectivity index (χ1v) is 5.82. The van der Waals surface area contributed by atoms with Crippen molar-refractivity contribution in [2.24, 2.45) is 0 Å². The first-order valence-electron chi connectivity index (χ1n) is 5.82. The summed E-state index contributed by atoms with van der Waals surface area (Å²) >= 11 is 0. The van der Waals surface area contributed by atoms with Gasteiger partial charge in [0.15, 0.2) is 0 Å². The molecule has 0 heterocycles. The normalized spacial score (nSPS) is 10.4. The van der Waals surface area contributed by atoms with E-state index in [1.807, 2.05) is 18.2 Å². The highest BCUT2D eigenvalue weighted by molar-refractivity contribution is 5.82. The number of carboxylic acid groups (broad SMARTS) is 1. The number of aliphatic carboxylic acids is 1. The molecule has 2 aromatic carbocycles. The fraction of sp³-hybridized carbons (Fsp3) is 0.133. The Balaban J connectivity index is 2.71. The lowest BCUT2D eigenvalue weighted by Crippen LogP contribution is -2.04. The van der Waals surface area contributed by atoms with Crippen molar-refractivity contribution < 1.29 is 20.1 Å². The molecule has 2 aromatic rings. The van der Waals surface area contributed by atoms with Gasteiger partial charge in [0, 0.05) is 11.6 Å². The average Bonchev–Trinajstić information content (AvgIpc) is 2.36. The summed E-state index contributed by atoms with van der Waals surface area (Å²) in [6.45, 7) is 1.64. The zero-order valence-electron chi connectivity index (χ0n) is 10.4. The second kappa shape index (κ2) is 5.02. The largest absolute Gasteiger partial charge is 0.508 e. The van der Waals surface area contributed by atoms with E-state index in [1.165, 1.54) is 6.07 Å². The number of benzene rings is 2. The average molecular weight is 258 g/mol. The molecule has 98 valence electrons. The van der Waals surface area contributed by atoms with Crippen LogP contribution in [-0.2, 0) is 11.2 Å². The van der Waals surface area contributed by atoms with Gasteiger partial charge in [0.2, 0.25) is 0 Å². The number of phenols is 2. The first-order chi connectivity index (χ1) is 9.00. The molecule has 0 saturated heterocycles. The van der Waals surface area contributed by atoms with Gasteiger partial charge in [-0.15, -0.1) is 0 Å². The molecule has 2 rings (SSSR count). The van der Waals surface area contributed by atoms with E-state index in [-0.39, 0.29) is 17.9 Å². The van der Waals surface area contributed by atoms with Gasteiger partial charge in [-0.25, -0.2) is 0 Å². The first kappa shape index (κ1) is 13.0. The van der Waals surface area contributed by atoms with Gasteiger partial charge >= 0.3 is 5.97 Å². The molecular formula is C15H14O4. The van der Waals surface area contributed by atoms with Crippen LogP contribution in [0.4, 0.5) is 0 Å². The number of aromatic hydroxyl groups is 2. The molecule has 4 heteroatoms. The molecule has 19 heavy (non-hydrogen) atoms. The lowest BCUT2D eigenvalue weighted by atomic mass is 9.92. The predicted molar refractivity (Wildman–Crippen MR) is 71.3 cm³/mol. The summed E-state index contributed by atoms with van der Waals surface area (Å²) in [5.41, 5.74) is 2.08. The van der Waals surface area contributed by atoms with E-state index in [2.05, 4.69) is 0 Å². The van der Waals surface area contributed by atoms with Crippen LogP contribution in [0, 0.1) is 6.92 Å². The Hall–Kier alpha value is -2.49. The standard InChI is InChI=1S/C15H14O4/c1-9-11(7-14(18)19)15(13(17)8-12(9)16)10-5-3-2-4-6-10/h2-6,8,16-17H,7H2,1H3,(H,18,19). The molecule has 0 bridgehead atoms. The Bertz CT molecular complexity index is 618. The molecule has 0 saturated carbocycles. The van der Waals surface area contributed by atoms with Gasteiger partial charge < -0.3 is 15.3 Å². The van der Waals surface area contributed by atoms with Crippen molar-refractivity contribution in [3.05, 3.63) is 47.5 Å². The third-order valence-corrected chi connectivity index (χ3v) is 3.06. The smallest absolute Gasteiger partial charge is 0.307 e. The molecule has 0 aliphatic heterocycles. The topological polar surface area (TPSA) is 77.8 Å².